The molecular formula is C21H22N2O3S2. The highest BCUT2D eigenvalue weighted by Crippen LogP contribution is 2.27. The molecule has 146 valence electrons. The van der Waals surface area contributed by atoms with Gasteiger partial charge in [0.2, 0.25) is 5.91 Å². The minimum Gasteiger partial charge on any atom is -0.497 e. The third-order valence-corrected chi connectivity index (χ3v) is 5.71. The highest BCUT2D eigenvalue weighted by molar-refractivity contribution is 7.99. The Hall–Kier alpha value is -2.51. The van der Waals surface area contributed by atoms with Gasteiger partial charge in [0.15, 0.2) is 0 Å². The summed E-state index contributed by atoms with van der Waals surface area (Å²) in [5.41, 5.74) is 2.78. The number of hydrogen-bond acceptors (Lipinski definition) is 6. The molecule has 1 N–H and O–H groups in total. The van der Waals surface area contributed by atoms with Crippen LogP contribution in [0, 0.1) is 0 Å². The normalized spacial score (nSPS) is 10.5. The van der Waals surface area contributed by atoms with E-state index in [9.17, 15) is 4.79 Å². The number of benzene rings is 2. The first kappa shape index (κ1) is 20.2. The Labute approximate surface area is 173 Å². The molecule has 0 spiro atoms. The van der Waals surface area contributed by atoms with Crippen LogP contribution in [0.5, 0.6) is 11.5 Å². The van der Waals surface area contributed by atoms with Crippen molar-refractivity contribution in [2.24, 2.45) is 0 Å². The standard InChI is InChI=1S/C21H22N2O3S2/c1-3-26-18-9-7-15(8-10-18)21-23-17(13-28-21)12-27-14-20(24)22-16-5-4-6-19(11-16)25-2/h4-11,13H,3,12,14H2,1-2H3,(H,22,24). The number of carbonyl (C=O) groups is 1. The number of nitrogens with one attached hydrogen (secondary N) is 1. The molecule has 2 aromatic carbocycles. The first-order chi connectivity index (χ1) is 13.7. The van der Waals surface area contributed by atoms with Crippen LogP contribution in [0.3, 0.4) is 0 Å². The fraction of sp³-hybridized carbons (Fsp3) is 0.238. The third-order valence-electron chi connectivity index (χ3n) is 3.80. The number of methoxy groups -OCH3 is 1. The second-order valence-electron chi connectivity index (χ2n) is 5.87. The molecule has 0 saturated heterocycles. The van der Waals surface area contributed by atoms with Gasteiger partial charge in [-0.2, -0.15) is 0 Å². The fourth-order valence-electron chi connectivity index (χ4n) is 2.51. The van der Waals surface area contributed by atoms with Crippen molar-refractivity contribution in [3.05, 3.63) is 59.6 Å². The van der Waals surface area contributed by atoms with E-state index in [0.29, 0.717) is 18.1 Å². The van der Waals surface area contributed by atoms with Crippen LogP contribution in [-0.4, -0.2) is 30.4 Å². The number of amides is 1. The molecule has 0 bridgehead atoms. The Balaban J connectivity index is 1.48. The van der Waals surface area contributed by atoms with Crippen molar-refractivity contribution in [2.45, 2.75) is 12.7 Å². The molecule has 5 nitrogen and oxygen atoms in total. The molecule has 7 heteroatoms. The van der Waals surface area contributed by atoms with Gasteiger partial charge < -0.3 is 14.8 Å². The summed E-state index contributed by atoms with van der Waals surface area (Å²) in [7, 11) is 1.60. The number of ether oxygens (including phenoxy) is 2. The quantitative estimate of drug-likeness (QED) is 0.528. The maximum atomic E-state index is 12.1. The Morgan fingerprint density at radius 2 is 2.00 bits per heavy atom. The van der Waals surface area contributed by atoms with E-state index in [1.807, 2.05) is 54.8 Å². The number of anilines is 1. The second kappa shape index (κ2) is 10.1. The lowest BCUT2D eigenvalue weighted by molar-refractivity contribution is -0.113. The second-order valence-corrected chi connectivity index (χ2v) is 7.72. The summed E-state index contributed by atoms with van der Waals surface area (Å²) in [5.74, 6) is 2.60. The van der Waals surface area contributed by atoms with Gasteiger partial charge in [-0.05, 0) is 43.3 Å². The molecule has 0 aliphatic heterocycles. The molecule has 0 atom stereocenters. The molecule has 0 aliphatic carbocycles. The number of nitrogens with zero attached hydrogens (tertiary/aromatic N) is 1. The molecular weight excluding hydrogens is 392 g/mol. The molecule has 0 aliphatic rings. The minimum absolute atomic E-state index is 0.0415. The maximum absolute atomic E-state index is 12.1. The molecule has 0 radical (unpaired) electrons. The van der Waals surface area contributed by atoms with Crippen LogP contribution >= 0.6 is 23.1 Å². The summed E-state index contributed by atoms with van der Waals surface area (Å²) < 4.78 is 10.6. The van der Waals surface area contributed by atoms with Crippen LogP contribution in [0.15, 0.2) is 53.9 Å². The smallest absolute Gasteiger partial charge is 0.234 e. The van der Waals surface area contributed by atoms with Gasteiger partial charge in [-0.1, -0.05) is 6.07 Å². The maximum Gasteiger partial charge on any atom is 0.234 e. The van der Waals surface area contributed by atoms with Gasteiger partial charge in [-0.3, -0.25) is 4.79 Å². The minimum atomic E-state index is -0.0415. The summed E-state index contributed by atoms with van der Waals surface area (Å²) in [4.78, 5) is 16.8. The van der Waals surface area contributed by atoms with Gasteiger partial charge in [-0.25, -0.2) is 4.98 Å². The van der Waals surface area contributed by atoms with Gasteiger partial charge in [0.1, 0.15) is 16.5 Å². The highest BCUT2D eigenvalue weighted by Gasteiger charge is 2.08. The number of thioether (sulfide) groups is 1. The van der Waals surface area contributed by atoms with E-state index in [1.54, 1.807) is 36.3 Å². The molecule has 1 heterocycles. The zero-order valence-electron chi connectivity index (χ0n) is 15.8. The average Bonchev–Trinajstić information content (AvgIpc) is 3.18. The summed E-state index contributed by atoms with van der Waals surface area (Å²) in [6.07, 6.45) is 0. The molecule has 1 amide bonds. The van der Waals surface area contributed by atoms with Crippen molar-refractivity contribution >= 4 is 34.7 Å². The molecule has 0 unspecified atom stereocenters. The van der Waals surface area contributed by atoms with Gasteiger partial charge in [0, 0.05) is 28.5 Å². The highest BCUT2D eigenvalue weighted by atomic mass is 32.2. The van der Waals surface area contributed by atoms with Crippen LogP contribution in [0.4, 0.5) is 5.69 Å². The van der Waals surface area contributed by atoms with Crippen molar-refractivity contribution in [1.82, 2.24) is 4.98 Å². The summed E-state index contributed by atoms with van der Waals surface area (Å²) in [6, 6.07) is 15.3. The number of hydrogen-bond donors (Lipinski definition) is 1. The lowest BCUT2D eigenvalue weighted by atomic mass is 10.2. The van der Waals surface area contributed by atoms with E-state index < -0.39 is 0 Å². The number of carbonyl (C=O) groups excluding carboxylic acids is 1. The van der Waals surface area contributed by atoms with Gasteiger partial charge in [0.05, 0.1) is 25.2 Å². The Morgan fingerprint density at radius 3 is 2.75 bits per heavy atom. The van der Waals surface area contributed by atoms with E-state index in [0.717, 1.165) is 33.5 Å². The Bertz CT molecular complexity index is 910. The zero-order chi connectivity index (χ0) is 19.8. The molecule has 3 aromatic rings. The van der Waals surface area contributed by atoms with E-state index in [1.165, 1.54) is 0 Å². The first-order valence-corrected chi connectivity index (χ1v) is 10.9. The summed E-state index contributed by atoms with van der Waals surface area (Å²) >= 11 is 3.15. The largest absolute Gasteiger partial charge is 0.497 e. The number of rotatable bonds is 9. The van der Waals surface area contributed by atoms with Gasteiger partial charge in [0.25, 0.3) is 0 Å². The third kappa shape index (κ3) is 5.74. The molecule has 0 saturated carbocycles. The van der Waals surface area contributed by atoms with Crippen molar-refractivity contribution in [3.8, 4) is 22.1 Å². The predicted molar refractivity (Wildman–Crippen MR) is 117 cm³/mol. The Morgan fingerprint density at radius 1 is 1.18 bits per heavy atom. The van der Waals surface area contributed by atoms with Crippen LogP contribution < -0.4 is 14.8 Å². The van der Waals surface area contributed by atoms with E-state index >= 15 is 0 Å². The Kier molecular flexibility index (Phi) is 7.33. The van der Waals surface area contributed by atoms with Crippen molar-refractivity contribution in [3.63, 3.8) is 0 Å². The predicted octanol–water partition coefficient (Wildman–Crippen LogP) is 5.09. The molecule has 28 heavy (non-hydrogen) atoms. The van der Waals surface area contributed by atoms with Crippen LogP contribution in [0.2, 0.25) is 0 Å². The van der Waals surface area contributed by atoms with Crippen molar-refractivity contribution in [2.75, 3.05) is 24.8 Å². The number of thiazole rings is 1. The molecule has 0 fully saturated rings. The van der Waals surface area contributed by atoms with Crippen LogP contribution in [0.1, 0.15) is 12.6 Å². The fourth-order valence-corrected chi connectivity index (χ4v) is 4.16. The molecule has 1 aromatic heterocycles. The van der Waals surface area contributed by atoms with E-state index in [4.69, 9.17) is 9.47 Å². The summed E-state index contributed by atoms with van der Waals surface area (Å²) in [6.45, 7) is 2.62. The SMILES string of the molecule is CCOc1ccc(-c2nc(CSCC(=O)Nc3cccc(OC)c3)cs2)cc1. The van der Waals surface area contributed by atoms with E-state index in [2.05, 4.69) is 10.3 Å². The monoisotopic (exact) mass is 414 g/mol. The van der Waals surface area contributed by atoms with E-state index in [-0.39, 0.29) is 5.91 Å². The first-order valence-electron chi connectivity index (χ1n) is 8.87. The van der Waals surface area contributed by atoms with Gasteiger partial charge >= 0.3 is 0 Å². The van der Waals surface area contributed by atoms with Crippen molar-refractivity contribution < 1.29 is 14.3 Å². The average molecular weight is 415 g/mol. The molecule has 3 rings (SSSR count). The lowest BCUT2D eigenvalue weighted by Crippen LogP contribution is -2.14. The zero-order valence-corrected chi connectivity index (χ0v) is 17.4. The van der Waals surface area contributed by atoms with Crippen molar-refractivity contribution in [1.29, 1.82) is 0 Å². The van der Waals surface area contributed by atoms with Gasteiger partial charge in [-0.15, -0.1) is 23.1 Å². The number of aromatic nitrogens is 1. The lowest BCUT2D eigenvalue weighted by Gasteiger charge is -2.06. The van der Waals surface area contributed by atoms with Crippen LogP contribution in [0.25, 0.3) is 10.6 Å². The summed E-state index contributed by atoms with van der Waals surface area (Å²) in [5, 5.41) is 5.89. The topological polar surface area (TPSA) is 60.5 Å². The van der Waals surface area contributed by atoms with Crippen LogP contribution in [-0.2, 0) is 10.5 Å².